The molecular formula is C18H21NO3S. The first-order valence-corrected chi connectivity index (χ1v) is 9.52. The van der Waals surface area contributed by atoms with E-state index in [9.17, 15) is 13.2 Å². The standard InChI is InChI=1S/C18H21NO3S/c1-2-15-7-5-6-12-19(15)23(21,22)18-11-10-14(13-20)16-8-3-4-9-17(16)18/h3-4,8-11,13,15H,2,5-7,12H2,1H3/t15-/m1/s1. The normalized spacial score (nSPS) is 19.8. The number of aldehydes is 1. The third-order valence-corrected chi connectivity index (χ3v) is 6.69. The molecule has 0 spiro atoms. The molecule has 4 nitrogen and oxygen atoms in total. The summed E-state index contributed by atoms with van der Waals surface area (Å²) in [5.74, 6) is 0. The van der Waals surface area contributed by atoms with Crippen LogP contribution in [0, 0.1) is 0 Å². The topological polar surface area (TPSA) is 54.5 Å². The van der Waals surface area contributed by atoms with Crippen LogP contribution in [-0.4, -0.2) is 31.6 Å². The van der Waals surface area contributed by atoms with E-state index in [-0.39, 0.29) is 6.04 Å². The summed E-state index contributed by atoms with van der Waals surface area (Å²) in [6, 6.07) is 10.4. The minimum atomic E-state index is -3.56. The van der Waals surface area contributed by atoms with Gasteiger partial charge in [-0.15, -0.1) is 0 Å². The van der Waals surface area contributed by atoms with Gasteiger partial charge in [-0.05, 0) is 36.8 Å². The number of piperidine rings is 1. The molecule has 0 bridgehead atoms. The number of carbonyl (C=O) groups is 1. The van der Waals surface area contributed by atoms with E-state index in [0.29, 0.717) is 27.8 Å². The fourth-order valence-corrected chi connectivity index (χ4v) is 5.41. The van der Waals surface area contributed by atoms with Crippen molar-refractivity contribution in [3.8, 4) is 0 Å². The van der Waals surface area contributed by atoms with E-state index in [1.807, 2.05) is 19.1 Å². The van der Waals surface area contributed by atoms with Crippen molar-refractivity contribution < 1.29 is 13.2 Å². The molecule has 1 aliphatic heterocycles. The van der Waals surface area contributed by atoms with E-state index in [1.54, 1.807) is 28.6 Å². The van der Waals surface area contributed by atoms with Crippen LogP contribution in [0.1, 0.15) is 43.0 Å². The van der Waals surface area contributed by atoms with Gasteiger partial charge >= 0.3 is 0 Å². The molecule has 2 aromatic rings. The Bertz CT molecular complexity index is 829. The van der Waals surface area contributed by atoms with Crippen LogP contribution in [0.15, 0.2) is 41.3 Å². The molecule has 3 rings (SSSR count). The minimum absolute atomic E-state index is 0.0678. The summed E-state index contributed by atoms with van der Waals surface area (Å²) in [5.41, 5.74) is 0.519. The first-order chi connectivity index (χ1) is 11.1. The summed E-state index contributed by atoms with van der Waals surface area (Å²) >= 11 is 0. The molecule has 1 aliphatic rings. The molecule has 5 heteroatoms. The molecule has 2 aromatic carbocycles. The summed E-state index contributed by atoms with van der Waals surface area (Å²) in [5, 5.41) is 1.31. The van der Waals surface area contributed by atoms with Gasteiger partial charge in [-0.3, -0.25) is 4.79 Å². The quantitative estimate of drug-likeness (QED) is 0.804. The molecule has 1 fully saturated rings. The lowest BCUT2D eigenvalue weighted by Gasteiger charge is -2.34. The number of benzene rings is 2. The van der Waals surface area contributed by atoms with Crippen LogP contribution in [0.2, 0.25) is 0 Å². The van der Waals surface area contributed by atoms with Crippen molar-refractivity contribution in [3.05, 3.63) is 42.0 Å². The van der Waals surface area contributed by atoms with Crippen molar-refractivity contribution in [2.45, 2.75) is 43.5 Å². The van der Waals surface area contributed by atoms with E-state index in [2.05, 4.69) is 0 Å². The van der Waals surface area contributed by atoms with Crippen LogP contribution in [0.25, 0.3) is 10.8 Å². The zero-order valence-corrected chi connectivity index (χ0v) is 14.1. The number of sulfonamides is 1. The number of nitrogens with zero attached hydrogens (tertiary/aromatic N) is 1. The molecule has 1 atom stereocenters. The Hall–Kier alpha value is -1.72. The number of hydrogen-bond donors (Lipinski definition) is 0. The van der Waals surface area contributed by atoms with E-state index < -0.39 is 10.0 Å². The predicted molar refractivity (Wildman–Crippen MR) is 91.2 cm³/mol. The molecule has 1 heterocycles. The van der Waals surface area contributed by atoms with E-state index in [0.717, 1.165) is 32.0 Å². The zero-order chi connectivity index (χ0) is 16.4. The van der Waals surface area contributed by atoms with Crippen LogP contribution in [0.3, 0.4) is 0 Å². The fraction of sp³-hybridized carbons (Fsp3) is 0.389. The maximum atomic E-state index is 13.2. The number of fused-ring (bicyclic) bond motifs is 1. The largest absolute Gasteiger partial charge is 0.298 e. The average molecular weight is 331 g/mol. The SMILES string of the molecule is CC[C@@H]1CCCCN1S(=O)(=O)c1ccc(C=O)c2ccccc12. The Morgan fingerprint density at radius 3 is 2.57 bits per heavy atom. The molecule has 0 aromatic heterocycles. The second kappa shape index (κ2) is 6.42. The first-order valence-electron chi connectivity index (χ1n) is 8.08. The van der Waals surface area contributed by atoms with Gasteiger partial charge in [0.25, 0.3) is 0 Å². The summed E-state index contributed by atoms with van der Waals surface area (Å²) in [4.78, 5) is 11.5. The monoisotopic (exact) mass is 331 g/mol. The van der Waals surface area contributed by atoms with Crippen LogP contribution in [0.5, 0.6) is 0 Å². The van der Waals surface area contributed by atoms with Gasteiger partial charge in [0.15, 0.2) is 6.29 Å². The molecule has 0 saturated carbocycles. The highest BCUT2D eigenvalue weighted by atomic mass is 32.2. The number of carbonyl (C=O) groups excluding carboxylic acids is 1. The van der Waals surface area contributed by atoms with Gasteiger partial charge in [-0.1, -0.05) is 37.6 Å². The highest BCUT2D eigenvalue weighted by molar-refractivity contribution is 7.89. The Morgan fingerprint density at radius 1 is 1.13 bits per heavy atom. The third kappa shape index (κ3) is 2.79. The first kappa shape index (κ1) is 16.1. The lowest BCUT2D eigenvalue weighted by Crippen LogP contribution is -2.43. The third-order valence-electron chi connectivity index (χ3n) is 4.68. The highest BCUT2D eigenvalue weighted by Gasteiger charge is 2.33. The number of hydrogen-bond acceptors (Lipinski definition) is 3. The summed E-state index contributed by atoms with van der Waals surface area (Å²) in [6.07, 6.45) is 4.49. The van der Waals surface area contributed by atoms with Crippen molar-refractivity contribution in [1.82, 2.24) is 4.31 Å². The van der Waals surface area contributed by atoms with Crippen LogP contribution < -0.4 is 0 Å². The fourth-order valence-electron chi connectivity index (χ4n) is 3.45. The maximum Gasteiger partial charge on any atom is 0.243 e. The summed E-state index contributed by atoms with van der Waals surface area (Å²) < 4.78 is 28.1. The zero-order valence-electron chi connectivity index (χ0n) is 13.2. The molecule has 122 valence electrons. The van der Waals surface area contributed by atoms with Crippen LogP contribution >= 0.6 is 0 Å². The van der Waals surface area contributed by atoms with Gasteiger partial charge in [-0.2, -0.15) is 4.31 Å². The van der Waals surface area contributed by atoms with E-state index in [4.69, 9.17) is 0 Å². The highest BCUT2D eigenvalue weighted by Crippen LogP contribution is 2.32. The Kier molecular flexibility index (Phi) is 4.50. The maximum absolute atomic E-state index is 13.2. The second-order valence-corrected chi connectivity index (χ2v) is 7.85. The van der Waals surface area contributed by atoms with Gasteiger partial charge in [0, 0.05) is 23.5 Å². The number of rotatable bonds is 4. The van der Waals surface area contributed by atoms with Crippen molar-refractivity contribution in [2.24, 2.45) is 0 Å². The molecule has 0 amide bonds. The van der Waals surface area contributed by atoms with Gasteiger partial charge in [0.1, 0.15) is 0 Å². The Labute approximate surface area is 137 Å². The van der Waals surface area contributed by atoms with Crippen molar-refractivity contribution in [3.63, 3.8) is 0 Å². The lowest BCUT2D eigenvalue weighted by atomic mass is 10.0. The van der Waals surface area contributed by atoms with Crippen molar-refractivity contribution >= 4 is 27.1 Å². The Morgan fingerprint density at radius 2 is 1.87 bits per heavy atom. The minimum Gasteiger partial charge on any atom is -0.298 e. The Balaban J connectivity index is 2.17. The molecule has 0 unspecified atom stereocenters. The second-order valence-electron chi connectivity index (χ2n) is 5.99. The lowest BCUT2D eigenvalue weighted by molar-refractivity contribution is 0.112. The van der Waals surface area contributed by atoms with E-state index in [1.165, 1.54) is 0 Å². The van der Waals surface area contributed by atoms with Gasteiger partial charge in [-0.25, -0.2) is 8.42 Å². The van der Waals surface area contributed by atoms with Crippen LogP contribution in [-0.2, 0) is 10.0 Å². The molecule has 0 aliphatic carbocycles. The molecule has 23 heavy (non-hydrogen) atoms. The molecule has 0 N–H and O–H groups in total. The molecular weight excluding hydrogens is 310 g/mol. The van der Waals surface area contributed by atoms with Crippen molar-refractivity contribution in [1.29, 1.82) is 0 Å². The summed E-state index contributed by atoms with van der Waals surface area (Å²) in [7, 11) is -3.56. The van der Waals surface area contributed by atoms with Gasteiger partial charge in [0.2, 0.25) is 10.0 Å². The smallest absolute Gasteiger partial charge is 0.243 e. The van der Waals surface area contributed by atoms with Crippen LogP contribution in [0.4, 0.5) is 0 Å². The van der Waals surface area contributed by atoms with Gasteiger partial charge < -0.3 is 0 Å². The summed E-state index contributed by atoms with van der Waals surface area (Å²) in [6.45, 7) is 2.61. The predicted octanol–water partition coefficient (Wildman–Crippen LogP) is 3.61. The van der Waals surface area contributed by atoms with Gasteiger partial charge in [0.05, 0.1) is 4.90 Å². The van der Waals surface area contributed by atoms with E-state index >= 15 is 0 Å². The molecule has 1 saturated heterocycles. The average Bonchev–Trinajstić information content (AvgIpc) is 2.60. The molecule has 0 radical (unpaired) electrons. The van der Waals surface area contributed by atoms with Crippen molar-refractivity contribution in [2.75, 3.05) is 6.54 Å².